The zero-order chi connectivity index (χ0) is 22.2. The number of hydrogen-bond acceptors (Lipinski definition) is 9. The molecule has 0 bridgehead atoms. The molecule has 1 spiro atoms. The number of carbonyl (C=O) groups is 3. The van der Waals surface area contributed by atoms with Crippen molar-refractivity contribution in [1.82, 2.24) is 0 Å². The van der Waals surface area contributed by atoms with E-state index in [1.807, 2.05) is 6.92 Å². The fourth-order valence-corrected chi connectivity index (χ4v) is 6.82. The number of fused-ring (bicyclic) bond motifs is 1. The van der Waals surface area contributed by atoms with Crippen LogP contribution in [-0.4, -0.2) is 52.5 Å². The van der Waals surface area contributed by atoms with Crippen molar-refractivity contribution in [1.29, 1.82) is 0 Å². The van der Waals surface area contributed by atoms with Crippen molar-refractivity contribution < 1.29 is 43.2 Å². The Morgan fingerprint density at radius 1 is 1.23 bits per heavy atom. The fourth-order valence-electron chi connectivity index (χ4n) is 6.82. The van der Waals surface area contributed by atoms with E-state index in [9.17, 15) is 24.6 Å². The lowest BCUT2D eigenvalue weighted by Crippen LogP contribution is -2.70. The number of aliphatic hydroxyl groups excluding tert-OH is 1. The molecule has 2 aliphatic carbocycles. The molecule has 2 saturated heterocycles. The molecule has 168 valence electrons. The smallest absolute Gasteiger partial charge is 0.339 e. The average Bonchev–Trinajstić information content (AvgIpc) is 3.37. The Labute approximate surface area is 178 Å². The van der Waals surface area contributed by atoms with Gasteiger partial charge in [0.1, 0.15) is 18.8 Å². The van der Waals surface area contributed by atoms with Crippen LogP contribution in [0.15, 0.2) is 23.0 Å². The van der Waals surface area contributed by atoms with Crippen molar-refractivity contribution in [2.24, 2.45) is 22.7 Å². The van der Waals surface area contributed by atoms with Crippen LogP contribution in [0.4, 0.5) is 0 Å². The number of esters is 3. The van der Waals surface area contributed by atoms with Crippen molar-refractivity contribution in [2.45, 2.75) is 63.4 Å². The second kappa shape index (κ2) is 6.56. The van der Waals surface area contributed by atoms with Crippen molar-refractivity contribution >= 4 is 17.9 Å². The largest absolute Gasteiger partial charge is 0.472 e. The lowest BCUT2D eigenvalue weighted by Gasteiger charge is -2.60. The number of aliphatic hydroxyl groups is 2. The van der Waals surface area contributed by atoms with Crippen LogP contribution < -0.4 is 0 Å². The molecule has 0 radical (unpaired) electrons. The lowest BCUT2D eigenvalue weighted by molar-refractivity contribution is -0.234. The van der Waals surface area contributed by atoms with E-state index in [-0.39, 0.29) is 25.4 Å². The van der Waals surface area contributed by atoms with Gasteiger partial charge in [-0.3, -0.25) is 9.59 Å². The molecular formula is C22H26O9. The Balaban J connectivity index is 1.65. The molecule has 2 aliphatic heterocycles. The van der Waals surface area contributed by atoms with Gasteiger partial charge in [-0.25, -0.2) is 4.79 Å². The second-order valence-corrected chi connectivity index (χ2v) is 9.55. The summed E-state index contributed by atoms with van der Waals surface area (Å²) in [4.78, 5) is 38.0. The van der Waals surface area contributed by atoms with Gasteiger partial charge in [-0.1, -0.05) is 6.92 Å². The highest BCUT2D eigenvalue weighted by Crippen LogP contribution is 2.70. The topological polar surface area (TPSA) is 132 Å². The summed E-state index contributed by atoms with van der Waals surface area (Å²) in [6.45, 7) is 2.88. The maximum Gasteiger partial charge on any atom is 0.339 e. The molecule has 9 heteroatoms. The monoisotopic (exact) mass is 434 g/mol. The fraction of sp³-hybridized carbons (Fsp3) is 0.682. The van der Waals surface area contributed by atoms with Crippen LogP contribution in [0, 0.1) is 22.7 Å². The number of hydrogen-bond donors (Lipinski definition) is 2. The minimum Gasteiger partial charge on any atom is -0.472 e. The Kier molecular flexibility index (Phi) is 4.34. The van der Waals surface area contributed by atoms with Gasteiger partial charge < -0.3 is 28.8 Å². The molecule has 0 aromatic carbocycles. The first-order valence-electron chi connectivity index (χ1n) is 10.6. The Hall–Kier alpha value is -2.39. The molecule has 5 rings (SSSR count). The summed E-state index contributed by atoms with van der Waals surface area (Å²) in [5, 5.41) is 22.3. The quantitative estimate of drug-likeness (QED) is 0.533. The normalized spacial score (nSPS) is 45.9. The SMILES string of the molecule is CC(=O)OCC12C3CC(C)C4(CC(c5ccoc5)OC4=O)C1CC(O)CC2(O)C(=O)O3. The number of furan rings is 1. The van der Waals surface area contributed by atoms with Crippen molar-refractivity contribution in [3.05, 3.63) is 24.2 Å². The maximum absolute atomic E-state index is 13.5. The third-order valence-corrected chi connectivity index (χ3v) is 8.24. The summed E-state index contributed by atoms with van der Waals surface area (Å²) in [5.74, 6) is -2.77. The molecule has 1 aromatic heterocycles. The van der Waals surface area contributed by atoms with E-state index in [1.54, 1.807) is 6.07 Å². The number of carbonyl (C=O) groups excluding carboxylic acids is 3. The van der Waals surface area contributed by atoms with Crippen molar-refractivity contribution in [3.63, 3.8) is 0 Å². The second-order valence-electron chi connectivity index (χ2n) is 9.55. The summed E-state index contributed by atoms with van der Waals surface area (Å²) >= 11 is 0. The summed E-state index contributed by atoms with van der Waals surface area (Å²) in [6.07, 6.45) is 1.29. The van der Waals surface area contributed by atoms with Gasteiger partial charge in [0.15, 0.2) is 5.60 Å². The number of cyclic esters (lactones) is 1. The Morgan fingerprint density at radius 3 is 2.68 bits per heavy atom. The third kappa shape index (κ3) is 2.47. The molecule has 3 heterocycles. The molecule has 2 saturated carbocycles. The molecule has 4 aliphatic rings. The van der Waals surface area contributed by atoms with Crippen LogP contribution in [0.25, 0.3) is 0 Å². The van der Waals surface area contributed by atoms with Gasteiger partial charge in [-0.05, 0) is 30.7 Å². The van der Waals surface area contributed by atoms with Gasteiger partial charge in [0, 0.05) is 25.3 Å². The first kappa shape index (κ1) is 20.5. The summed E-state index contributed by atoms with van der Waals surface area (Å²) in [5.41, 5.74) is -3.76. The summed E-state index contributed by atoms with van der Waals surface area (Å²) < 4.78 is 21.9. The molecule has 31 heavy (non-hydrogen) atoms. The number of ether oxygens (including phenoxy) is 3. The first-order chi connectivity index (χ1) is 14.6. The van der Waals surface area contributed by atoms with E-state index < -0.39 is 58.6 Å². The van der Waals surface area contributed by atoms with Gasteiger partial charge in [0.2, 0.25) is 0 Å². The van der Waals surface area contributed by atoms with Crippen molar-refractivity contribution in [2.75, 3.05) is 6.61 Å². The molecule has 4 fully saturated rings. The van der Waals surface area contributed by atoms with Crippen LogP contribution in [0.1, 0.15) is 51.2 Å². The molecule has 9 nitrogen and oxygen atoms in total. The van der Waals surface area contributed by atoms with Gasteiger partial charge in [-0.15, -0.1) is 0 Å². The minimum absolute atomic E-state index is 0.161. The van der Waals surface area contributed by atoms with Crippen molar-refractivity contribution in [3.8, 4) is 0 Å². The van der Waals surface area contributed by atoms with Gasteiger partial charge >= 0.3 is 17.9 Å². The van der Waals surface area contributed by atoms with Crippen LogP contribution >= 0.6 is 0 Å². The summed E-state index contributed by atoms with van der Waals surface area (Å²) in [6, 6.07) is 1.73. The average molecular weight is 434 g/mol. The highest BCUT2D eigenvalue weighted by atomic mass is 16.6. The lowest BCUT2D eigenvalue weighted by atomic mass is 9.42. The molecule has 0 amide bonds. The van der Waals surface area contributed by atoms with E-state index in [0.29, 0.717) is 12.8 Å². The molecule has 8 unspecified atom stereocenters. The third-order valence-electron chi connectivity index (χ3n) is 8.24. The molecule has 1 aromatic rings. The zero-order valence-corrected chi connectivity index (χ0v) is 17.4. The van der Waals surface area contributed by atoms with Gasteiger partial charge in [0.05, 0.1) is 29.5 Å². The predicted molar refractivity (Wildman–Crippen MR) is 101 cm³/mol. The Bertz CT molecular complexity index is 925. The molecule has 2 N–H and O–H groups in total. The standard InChI is InChI=1S/C22H26O9/c1-11-5-17-21(10-29-12(2)23)16(6-14(24)7-22(21,27)19(26)31-17)20(11)8-15(30-18(20)25)13-3-4-28-9-13/h3-4,9,11,14-17,24,27H,5-8,10H2,1-2H3. The molecule has 8 atom stereocenters. The Morgan fingerprint density at radius 2 is 2.00 bits per heavy atom. The zero-order valence-electron chi connectivity index (χ0n) is 17.4. The minimum atomic E-state index is -2.06. The van der Waals surface area contributed by atoms with E-state index in [0.717, 1.165) is 5.56 Å². The highest BCUT2D eigenvalue weighted by Gasteiger charge is 2.80. The van der Waals surface area contributed by atoms with E-state index in [4.69, 9.17) is 18.6 Å². The van der Waals surface area contributed by atoms with Crippen LogP contribution in [0.3, 0.4) is 0 Å². The first-order valence-corrected chi connectivity index (χ1v) is 10.6. The summed E-state index contributed by atoms with van der Waals surface area (Å²) in [7, 11) is 0. The highest BCUT2D eigenvalue weighted by molar-refractivity contribution is 5.86. The van der Waals surface area contributed by atoms with Gasteiger partial charge in [-0.2, -0.15) is 0 Å². The van der Waals surface area contributed by atoms with E-state index in [1.165, 1.54) is 19.5 Å². The molecular weight excluding hydrogens is 408 g/mol. The van der Waals surface area contributed by atoms with Crippen LogP contribution in [0.5, 0.6) is 0 Å². The van der Waals surface area contributed by atoms with Crippen LogP contribution in [0.2, 0.25) is 0 Å². The number of rotatable bonds is 3. The van der Waals surface area contributed by atoms with E-state index in [2.05, 4.69) is 0 Å². The predicted octanol–water partition coefficient (Wildman–Crippen LogP) is 1.27. The van der Waals surface area contributed by atoms with Gasteiger partial charge in [0.25, 0.3) is 0 Å². The maximum atomic E-state index is 13.5. The van der Waals surface area contributed by atoms with E-state index >= 15 is 0 Å². The van der Waals surface area contributed by atoms with Crippen LogP contribution in [-0.2, 0) is 28.6 Å².